The van der Waals surface area contributed by atoms with Crippen LogP contribution in [0.25, 0.3) is 0 Å². The van der Waals surface area contributed by atoms with Crippen molar-refractivity contribution >= 4 is 34.8 Å². The lowest BCUT2D eigenvalue weighted by molar-refractivity contribution is 0.361. The summed E-state index contributed by atoms with van der Waals surface area (Å²) >= 11 is 12.3. The Hall–Kier alpha value is -0.670. The summed E-state index contributed by atoms with van der Waals surface area (Å²) in [6.45, 7) is 6.03. The molecule has 1 aromatic heterocycles. The number of rotatable bonds is 5. The van der Waals surface area contributed by atoms with Crippen LogP contribution < -0.4 is 10.6 Å². The number of hydrogen-bond donors (Lipinski definition) is 2. The molecule has 0 amide bonds. The van der Waals surface area contributed by atoms with Gasteiger partial charge in [-0.25, -0.2) is 4.98 Å². The molecule has 0 aliphatic heterocycles. The first kappa shape index (κ1) is 14.7. The van der Waals surface area contributed by atoms with Crippen molar-refractivity contribution < 1.29 is 0 Å². The number of nitrogens with zero attached hydrogens (tertiary/aromatic N) is 1. The third kappa shape index (κ3) is 3.67. The van der Waals surface area contributed by atoms with Gasteiger partial charge in [0.05, 0.1) is 10.0 Å². The third-order valence-electron chi connectivity index (χ3n) is 3.77. The lowest BCUT2D eigenvalue weighted by atomic mass is 9.89. The standard InChI is InChI=1S/C14H21Cl2N3/c1-3-17-12-10(15)8-11(16)13(19-12)18-9-14(2)6-4-5-7-14/h8H,3-7,9H2,1-2H3,(H2,17,18,19). The molecule has 3 nitrogen and oxygen atoms in total. The van der Waals surface area contributed by atoms with Crippen LogP contribution in [0.5, 0.6) is 0 Å². The van der Waals surface area contributed by atoms with E-state index in [1.165, 1.54) is 25.7 Å². The second-order valence-corrected chi connectivity index (χ2v) is 6.37. The zero-order chi connectivity index (χ0) is 13.9. The van der Waals surface area contributed by atoms with E-state index in [1.807, 2.05) is 6.92 Å². The normalized spacial score (nSPS) is 17.5. The predicted octanol–water partition coefficient (Wildman–Crippen LogP) is 4.81. The van der Waals surface area contributed by atoms with Crippen molar-refractivity contribution in [1.29, 1.82) is 0 Å². The number of hydrogen-bond acceptors (Lipinski definition) is 3. The van der Waals surface area contributed by atoms with Gasteiger partial charge in [-0.3, -0.25) is 0 Å². The van der Waals surface area contributed by atoms with Crippen LogP contribution in [0.1, 0.15) is 39.5 Å². The van der Waals surface area contributed by atoms with Gasteiger partial charge in [-0.05, 0) is 31.2 Å². The molecule has 1 aliphatic rings. The molecule has 0 spiro atoms. The van der Waals surface area contributed by atoms with Gasteiger partial charge in [0.25, 0.3) is 0 Å². The predicted molar refractivity (Wildman–Crippen MR) is 83.5 cm³/mol. The van der Waals surface area contributed by atoms with E-state index in [0.29, 0.717) is 21.3 Å². The second-order valence-electron chi connectivity index (χ2n) is 5.55. The molecule has 0 aromatic carbocycles. The van der Waals surface area contributed by atoms with E-state index in [9.17, 15) is 0 Å². The number of anilines is 2. The van der Waals surface area contributed by atoms with Gasteiger partial charge >= 0.3 is 0 Å². The fraction of sp³-hybridized carbons (Fsp3) is 0.643. The molecule has 0 saturated heterocycles. The number of nitrogens with one attached hydrogen (secondary N) is 2. The van der Waals surface area contributed by atoms with Crippen molar-refractivity contribution in [3.8, 4) is 0 Å². The molecule has 1 fully saturated rings. The molecule has 1 heterocycles. The Morgan fingerprint density at radius 3 is 2.32 bits per heavy atom. The van der Waals surface area contributed by atoms with Gasteiger partial charge in [0.1, 0.15) is 11.6 Å². The van der Waals surface area contributed by atoms with Crippen LogP contribution in [0.4, 0.5) is 11.6 Å². The van der Waals surface area contributed by atoms with Crippen LogP contribution >= 0.6 is 23.2 Å². The number of halogens is 2. The summed E-state index contributed by atoms with van der Waals surface area (Å²) in [6.07, 6.45) is 5.18. The van der Waals surface area contributed by atoms with Crippen LogP contribution in [0.3, 0.4) is 0 Å². The first-order valence-corrected chi connectivity index (χ1v) is 7.63. The van der Waals surface area contributed by atoms with Crippen molar-refractivity contribution in [2.45, 2.75) is 39.5 Å². The minimum absolute atomic E-state index is 0.364. The Labute approximate surface area is 125 Å². The van der Waals surface area contributed by atoms with E-state index in [4.69, 9.17) is 23.2 Å². The molecule has 0 atom stereocenters. The summed E-state index contributed by atoms with van der Waals surface area (Å²) in [5.41, 5.74) is 0.364. The lowest BCUT2D eigenvalue weighted by Crippen LogP contribution is -2.23. The molecule has 1 saturated carbocycles. The van der Waals surface area contributed by atoms with Crippen LogP contribution in [0.2, 0.25) is 10.0 Å². The van der Waals surface area contributed by atoms with E-state index in [0.717, 1.165) is 18.9 Å². The maximum absolute atomic E-state index is 6.20. The van der Waals surface area contributed by atoms with Crippen molar-refractivity contribution in [2.24, 2.45) is 5.41 Å². The Balaban J connectivity index is 2.08. The van der Waals surface area contributed by atoms with Gasteiger partial charge in [0.15, 0.2) is 0 Å². The maximum Gasteiger partial charge on any atom is 0.147 e. The summed E-state index contributed by atoms with van der Waals surface area (Å²) < 4.78 is 0. The monoisotopic (exact) mass is 301 g/mol. The summed E-state index contributed by atoms with van der Waals surface area (Å²) in [6, 6.07) is 1.74. The molecule has 19 heavy (non-hydrogen) atoms. The highest BCUT2D eigenvalue weighted by atomic mass is 35.5. The topological polar surface area (TPSA) is 37.0 Å². The van der Waals surface area contributed by atoms with Crippen LogP contribution in [0, 0.1) is 5.41 Å². The van der Waals surface area contributed by atoms with E-state index >= 15 is 0 Å². The molecular weight excluding hydrogens is 281 g/mol. The minimum atomic E-state index is 0.364. The summed E-state index contributed by atoms with van der Waals surface area (Å²) in [4.78, 5) is 4.47. The van der Waals surface area contributed by atoms with Gasteiger partial charge in [-0.1, -0.05) is 43.0 Å². The smallest absolute Gasteiger partial charge is 0.147 e. The van der Waals surface area contributed by atoms with E-state index in [-0.39, 0.29) is 0 Å². The average Bonchev–Trinajstić information content (AvgIpc) is 2.79. The Kier molecular flexibility index (Phi) is 4.80. The largest absolute Gasteiger partial charge is 0.369 e. The van der Waals surface area contributed by atoms with Gasteiger partial charge in [-0.2, -0.15) is 0 Å². The Morgan fingerprint density at radius 1 is 1.16 bits per heavy atom. The van der Waals surface area contributed by atoms with Crippen molar-refractivity contribution in [3.05, 3.63) is 16.1 Å². The van der Waals surface area contributed by atoms with E-state index in [1.54, 1.807) is 6.07 Å². The molecular formula is C14H21Cl2N3. The van der Waals surface area contributed by atoms with Crippen LogP contribution in [0.15, 0.2) is 6.07 Å². The molecule has 2 rings (SSSR count). The Bertz CT molecular complexity index is 443. The van der Waals surface area contributed by atoms with Gasteiger partial charge in [-0.15, -0.1) is 0 Å². The second kappa shape index (κ2) is 6.19. The van der Waals surface area contributed by atoms with Crippen molar-refractivity contribution in [3.63, 3.8) is 0 Å². The highest BCUT2D eigenvalue weighted by Crippen LogP contribution is 2.38. The van der Waals surface area contributed by atoms with Gasteiger partial charge in [0, 0.05) is 13.1 Å². The molecule has 1 aliphatic carbocycles. The highest BCUT2D eigenvalue weighted by Gasteiger charge is 2.28. The zero-order valence-electron chi connectivity index (χ0n) is 11.5. The zero-order valence-corrected chi connectivity index (χ0v) is 13.0. The highest BCUT2D eigenvalue weighted by molar-refractivity contribution is 6.37. The first-order valence-electron chi connectivity index (χ1n) is 6.88. The summed E-state index contributed by atoms with van der Waals surface area (Å²) in [5.74, 6) is 1.41. The molecule has 5 heteroatoms. The average molecular weight is 302 g/mol. The SMILES string of the molecule is CCNc1nc(NCC2(C)CCCC2)c(Cl)cc1Cl. The van der Waals surface area contributed by atoms with E-state index in [2.05, 4.69) is 22.5 Å². The molecule has 0 radical (unpaired) electrons. The maximum atomic E-state index is 6.20. The minimum Gasteiger partial charge on any atom is -0.369 e. The molecule has 2 N–H and O–H groups in total. The lowest BCUT2D eigenvalue weighted by Gasteiger charge is -2.24. The third-order valence-corrected chi connectivity index (χ3v) is 4.34. The fourth-order valence-corrected chi connectivity index (χ4v) is 3.08. The quantitative estimate of drug-likeness (QED) is 0.819. The van der Waals surface area contributed by atoms with Crippen LogP contribution in [-0.2, 0) is 0 Å². The fourth-order valence-electron chi connectivity index (χ4n) is 2.58. The Morgan fingerprint density at radius 2 is 1.74 bits per heavy atom. The molecule has 0 unspecified atom stereocenters. The number of pyridine rings is 1. The first-order chi connectivity index (χ1) is 9.04. The summed E-state index contributed by atoms with van der Waals surface area (Å²) in [5, 5.41) is 7.66. The van der Waals surface area contributed by atoms with Gasteiger partial charge < -0.3 is 10.6 Å². The van der Waals surface area contributed by atoms with Crippen LogP contribution in [-0.4, -0.2) is 18.1 Å². The van der Waals surface area contributed by atoms with Crippen molar-refractivity contribution in [1.82, 2.24) is 4.98 Å². The van der Waals surface area contributed by atoms with Crippen molar-refractivity contribution in [2.75, 3.05) is 23.7 Å². The number of aromatic nitrogens is 1. The van der Waals surface area contributed by atoms with E-state index < -0.39 is 0 Å². The molecule has 0 bridgehead atoms. The molecule has 106 valence electrons. The van der Waals surface area contributed by atoms with Gasteiger partial charge in [0.2, 0.25) is 0 Å². The molecule has 1 aromatic rings. The summed E-state index contributed by atoms with van der Waals surface area (Å²) in [7, 11) is 0.